The van der Waals surface area contributed by atoms with E-state index in [0.29, 0.717) is 5.69 Å². The Hall–Kier alpha value is -2.56. The predicted octanol–water partition coefficient (Wildman–Crippen LogP) is 4.40. The largest absolute Gasteiger partial charge is 0.495 e. The Balaban J connectivity index is 2.14. The molecule has 2 rings (SSSR count). The molecular formula is C20H27N3O2. The van der Waals surface area contributed by atoms with Gasteiger partial charge in [-0.15, -0.1) is 0 Å². The number of anilines is 2. The van der Waals surface area contributed by atoms with Crippen LogP contribution in [0.3, 0.4) is 0 Å². The van der Waals surface area contributed by atoms with Crippen LogP contribution >= 0.6 is 0 Å². The van der Waals surface area contributed by atoms with Crippen LogP contribution in [-0.2, 0) is 0 Å². The second-order valence-corrected chi connectivity index (χ2v) is 6.05. The Morgan fingerprint density at radius 1 is 1.16 bits per heavy atom. The van der Waals surface area contributed by atoms with Gasteiger partial charge in [-0.1, -0.05) is 19.9 Å². The van der Waals surface area contributed by atoms with Crippen molar-refractivity contribution < 1.29 is 9.53 Å². The summed E-state index contributed by atoms with van der Waals surface area (Å²) in [5.74, 6) is 0.756. The third kappa shape index (κ3) is 4.95. The molecule has 5 heteroatoms. The highest BCUT2D eigenvalue weighted by molar-refractivity contribution is 5.92. The lowest BCUT2D eigenvalue weighted by Gasteiger charge is -2.21. The van der Waals surface area contributed by atoms with Gasteiger partial charge in [0.1, 0.15) is 11.4 Å². The zero-order chi connectivity index (χ0) is 18.2. The summed E-state index contributed by atoms with van der Waals surface area (Å²) in [6, 6.07) is 9.59. The molecule has 0 unspecified atom stereocenters. The highest BCUT2D eigenvalue weighted by Crippen LogP contribution is 2.28. The van der Waals surface area contributed by atoms with Crippen LogP contribution in [0.5, 0.6) is 5.75 Å². The van der Waals surface area contributed by atoms with Gasteiger partial charge in [-0.2, -0.15) is 0 Å². The lowest BCUT2D eigenvalue weighted by molar-refractivity contribution is 0.0749. The van der Waals surface area contributed by atoms with Crippen LogP contribution in [0.4, 0.5) is 11.4 Å². The van der Waals surface area contributed by atoms with Gasteiger partial charge >= 0.3 is 0 Å². The highest BCUT2D eigenvalue weighted by atomic mass is 16.5. The molecule has 134 valence electrons. The normalized spacial score (nSPS) is 10.4. The van der Waals surface area contributed by atoms with E-state index in [1.807, 2.05) is 36.1 Å². The molecule has 0 fully saturated rings. The number of carbonyl (C=O) groups excluding carboxylic acids is 1. The zero-order valence-electron chi connectivity index (χ0n) is 15.5. The van der Waals surface area contributed by atoms with E-state index in [4.69, 9.17) is 4.74 Å². The maximum Gasteiger partial charge on any atom is 0.272 e. The van der Waals surface area contributed by atoms with Crippen molar-refractivity contribution in [1.29, 1.82) is 0 Å². The number of amides is 1. The average molecular weight is 341 g/mol. The molecule has 1 amide bonds. The summed E-state index contributed by atoms with van der Waals surface area (Å²) in [7, 11) is 1.64. The number of hydrogen-bond donors (Lipinski definition) is 1. The summed E-state index contributed by atoms with van der Waals surface area (Å²) in [5, 5.41) is 3.30. The number of aryl methyl sites for hydroxylation is 1. The minimum Gasteiger partial charge on any atom is -0.495 e. The average Bonchev–Trinajstić information content (AvgIpc) is 2.62. The van der Waals surface area contributed by atoms with Crippen LogP contribution in [0.15, 0.2) is 36.5 Å². The molecule has 1 N–H and O–H groups in total. The molecule has 5 nitrogen and oxygen atoms in total. The van der Waals surface area contributed by atoms with E-state index < -0.39 is 0 Å². The van der Waals surface area contributed by atoms with E-state index in [9.17, 15) is 4.79 Å². The fourth-order valence-corrected chi connectivity index (χ4v) is 2.69. The third-order valence-corrected chi connectivity index (χ3v) is 3.89. The maximum absolute atomic E-state index is 12.6. The van der Waals surface area contributed by atoms with Crippen molar-refractivity contribution in [3.05, 3.63) is 47.8 Å². The second kappa shape index (κ2) is 9.06. The highest BCUT2D eigenvalue weighted by Gasteiger charge is 2.15. The van der Waals surface area contributed by atoms with E-state index in [1.165, 1.54) is 0 Å². The van der Waals surface area contributed by atoms with Gasteiger partial charge in [0.2, 0.25) is 0 Å². The molecule has 1 aromatic carbocycles. The van der Waals surface area contributed by atoms with Crippen LogP contribution in [0, 0.1) is 6.92 Å². The summed E-state index contributed by atoms with van der Waals surface area (Å²) in [6.45, 7) is 7.70. The smallest absolute Gasteiger partial charge is 0.272 e. The SMILES string of the molecule is CCCN(CCC)C(=O)c1ccc(Nc2cc(C)ccc2OC)cn1. The molecule has 0 atom stereocenters. The summed E-state index contributed by atoms with van der Waals surface area (Å²) in [5.41, 5.74) is 3.31. The van der Waals surface area contributed by atoms with Gasteiger partial charge in [0, 0.05) is 13.1 Å². The molecule has 0 spiro atoms. The van der Waals surface area contributed by atoms with Crippen molar-refractivity contribution >= 4 is 17.3 Å². The second-order valence-electron chi connectivity index (χ2n) is 6.05. The van der Waals surface area contributed by atoms with Crippen molar-refractivity contribution in [3.8, 4) is 5.75 Å². The molecule has 0 bridgehead atoms. The number of benzene rings is 1. The number of carbonyl (C=O) groups is 1. The van der Waals surface area contributed by atoms with E-state index in [1.54, 1.807) is 19.4 Å². The molecule has 2 aromatic rings. The Bertz CT molecular complexity index is 693. The first kappa shape index (κ1) is 18.8. The van der Waals surface area contributed by atoms with Gasteiger partial charge in [-0.25, -0.2) is 4.98 Å². The summed E-state index contributed by atoms with van der Waals surface area (Å²) in [6.07, 6.45) is 3.57. The summed E-state index contributed by atoms with van der Waals surface area (Å²) >= 11 is 0. The number of methoxy groups -OCH3 is 1. The Kier molecular flexibility index (Phi) is 6.81. The van der Waals surface area contributed by atoms with Gasteiger partial charge in [-0.05, 0) is 49.6 Å². The first-order valence-corrected chi connectivity index (χ1v) is 8.76. The lowest BCUT2D eigenvalue weighted by atomic mass is 10.2. The van der Waals surface area contributed by atoms with E-state index >= 15 is 0 Å². The van der Waals surface area contributed by atoms with Gasteiger partial charge in [0.25, 0.3) is 5.91 Å². The fourth-order valence-electron chi connectivity index (χ4n) is 2.69. The number of aromatic nitrogens is 1. The van der Waals surface area contributed by atoms with E-state index in [0.717, 1.165) is 48.6 Å². The molecule has 0 saturated heterocycles. The minimum atomic E-state index is -0.0108. The number of rotatable bonds is 8. The van der Waals surface area contributed by atoms with Gasteiger partial charge in [-0.3, -0.25) is 4.79 Å². The van der Waals surface area contributed by atoms with Crippen molar-refractivity contribution in [2.45, 2.75) is 33.6 Å². The molecule has 0 aliphatic carbocycles. The Morgan fingerprint density at radius 3 is 2.44 bits per heavy atom. The van der Waals surface area contributed by atoms with E-state index in [2.05, 4.69) is 24.1 Å². The molecular weight excluding hydrogens is 314 g/mol. The van der Waals surface area contributed by atoms with Crippen LogP contribution in [0.2, 0.25) is 0 Å². The maximum atomic E-state index is 12.6. The topological polar surface area (TPSA) is 54.5 Å². The number of ether oxygens (including phenoxy) is 1. The fraction of sp³-hybridized carbons (Fsp3) is 0.400. The van der Waals surface area contributed by atoms with Gasteiger partial charge in [0.15, 0.2) is 0 Å². The predicted molar refractivity (Wildman–Crippen MR) is 102 cm³/mol. The molecule has 1 aromatic heterocycles. The molecule has 0 saturated carbocycles. The van der Waals surface area contributed by atoms with Crippen LogP contribution in [0.25, 0.3) is 0 Å². The Morgan fingerprint density at radius 2 is 1.88 bits per heavy atom. The van der Waals surface area contributed by atoms with Crippen LogP contribution < -0.4 is 10.1 Å². The van der Waals surface area contributed by atoms with Crippen LogP contribution in [0.1, 0.15) is 42.7 Å². The molecule has 25 heavy (non-hydrogen) atoms. The van der Waals surface area contributed by atoms with Crippen molar-refractivity contribution in [3.63, 3.8) is 0 Å². The summed E-state index contributed by atoms with van der Waals surface area (Å²) < 4.78 is 5.38. The number of nitrogens with one attached hydrogen (secondary N) is 1. The van der Waals surface area contributed by atoms with Crippen LogP contribution in [-0.4, -0.2) is 36.0 Å². The molecule has 0 aliphatic heterocycles. The monoisotopic (exact) mass is 341 g/mol. The van der Waals surface area contributed by atoms with Crippen molar-refractivity contribution in [2.75, 3.05) is 25.5 Å². The minimum absolute atomic E-state index is 0.0108. The summed E-state index contributed by atoms with van der Waals surface area (Å²) in [4.78, 5) is 18.8. The molecule has 0 radical (unpaired) electrons. The lowest BCUT2D eigenvalue weighted by Crippen LogP contribution is -2.33. The van der Waals surface area contributed by atoms with Crippen molar-refractivity contribution in [1.82, 2.24) is 9.88 Å². The van der Waals surface area contributed by atoms with Gasteiger partial charge < -0.3 is 15.0 Å². The van der Waals surface area contributed by atoms with E-state index in [-0.39, 0.29) is 5.91 Å². The first-order valence-electron chi connectivity index (χ1n) is 8.76. The first-order chi connectivity index (χ1) is 12.1. The molecule has 0 aliphatic rings. The molecule has 1 heterocycles. The number of nitrogens with zero attached hydrogens (tertiary/aromatic N) is 2. The Labute approximate surface area is 150 Å². The number of hydrogen-bond acceptors (Lipinski definition) is 4. The van der Waals surface area contributed by atoms with Crippen molar-refractivity contribution in [2.24, 2.45) is 0 Å². The standard InChI is InChI=1S/C20H27N3O2/c1-5-11-23(12-6-2)20(24)17-9-8-16(14-21-17)22-18-13-15(3)7-10-19(18)25-4/h7-10,13-14,22H,5-6,11-12H2,1-4H3. The zero-order valence-corrected chi connectivity index (χ0v) is 15.5. The van der Waals surface area contributed by atoms with Gasteiger partial charge in [0.05, 0.1) is 24.7 Å². The third-order valence-electron chi connectivity index (χ3n) is 3.89. The number of pyridine rings is 1. The quantitative estimate of drug-likeness (QED) is 0.773.